The molecule has 0 aliphatic rings. The molecule has 0 radical (unpaired) electrons. The topological polar surface area (TPSA) is 101 Å². The third kappa shape index (κ3) is 6.01. The minimum absolute atomic E-state index is 0.110. The molecule has 0 saturated carbocycles. The molecule has 0 fully saturated rings. The van der Waals surface area contributed by atoms with Gasteiger partial charge in [-0.2, -0.15) is 0 Å². The lowest BCUT2D eigenvalue weighted by molar-refractivity contribution is -0.121. The van der Waals surface area contributed by atoms with Crippen molar-refractivity contribution in [3.63, 3.8) is 0 Å². The monoisotopic (exact) mass is 427 g/mol. The van der Waals surface area contributed by atoms with E-state index in [0.717, 1.165) is 16.7 Å². The average molecular weight is 428 g/mol. The molecule has 30 heavy (non-hydrogen) atoms. The van der Waals surface area contributed by atoms with E-state index in [4.69, 9.17) is 4.42 Å². The molecule has 0 saturated heterocycles. The highest BCUT2D eigenvalue weighted by atomic mass is 32.2. The minimum atomic E-state index is -3.58. The molecule has 2 N–H and O–H groups in total. The molecule has 1 heterocycles. The fraction of sp³-hybridized carbons (Fsp3) is 0.273. The lowest BCUT2D eigenvalue weighted by Crippen LogP contribution is -2.34. The highest BCUT2D eigenvalue weighted by Gasteiger charge is 2.13. The van der Waals surface area contributed by atoms with Crippen molar-refractivity contribution >= 4 is 15.9 Å². The number of benzene rings is 2. The summed E-state index contributed by atoms with van der Waals surface area (Å²) in [6, 6.07) is 14.5. The van der Waals surface area contributed by atoms with Gasteiger partial charge in [-0.3, -0.25) is 4.79 Å². The molecular weight excluding hydrogens is 402 g/mol. The molecule has 158 valence electrons. The smallest absolute Gasteiger partial charge is 0.240 e. The summed E-state index contributed by atoms with van der Waals surface area (Å²) in [5.41, 5.74) is 3.08. The molecule has 0 aliphatic heterocycles. The van der Waals surface area contributed by atoms with E-state index in [0.29, 0.717) is 18.1 Å². The number of nitrogens with one attached hydrogen (secondary N) is 2. The first-order chi connectivity index (χ1) is 14.3. The molecule has 7 nitrogen and oxygen atoms in total. The van der Waals surface area contributed by atoms with E-state index in [1.807, 2.05) is 38.1 Å². The van der Waals surface area contributed by atoms with Gasteiger partial charge in [-0.1, -0.05) is 47.5 Å². The van der Waals surface area contributed by atoms with Gasteiger partial charge < -0.3 is 9.73 Å². The van der Waals surface area contributed by atoms with Crippen molar-refractivity contribution in [1.29, 1.82) is 0 Å². The maximum absolute atomic E-state index is 12.2. The van der Waals surface area contributed by atoms with E-state index in [2.05, 4.69) is 15.0 Å². The van der Waals surface area contributed by atoms with E-state index in [1.54, 1.807) is 30.5 Å². The van der Waals surface area contributed by atoms with Crippen LogP contribution in [0.15, 0.2) is 64.0 Å². The summed E-state index contributed by atoms with van der Waals surface area (Å²) in [5, 5.41) is 2.70. The van der Waals surface area contributed by atoms with Crippen molar-refractivity contribution in [2.24, 2.45) is 0 Å². The van der Waals surface area contributed by atoms with E-state index in [-0.39, 0.29) is 30.3 Å². The number of aryl methyl sites for hydroxylation is 3. The van der Waals surface area contributed by atoms with E-state index in [9.17, 15) is 13.2 Å². The predicted molar refractivity (Wildman–Crippen MR) is 114 cm³/mol. The van der Waals surface area contributed by atoms with Crippen LogP contribution in [0.2, 0.25) is 0 Å². The Morgan fingerprint density at radius 2 is 1.60 bits per heavy atom. The maximum Gasteiger partial charge on any atom is 0.240 e. The molecule has 0 aliphatic carbocycles. The SMILES string of the molecule is Cc1ccc(-c2cnc(CCC(=O)NCCNS(=O)(=O)c3ccc(C)cc3)o2)cc1. The molecule has 3 aromatic rings. The van der Waals surface area contributed by atoms with Gasteiger partial charge in [-0.15, -0.1) is 0 Å². The number of carbonyl (C=O) groups excluding carboxylic acids is 1. The van der Waals surface area contributed by atoms with Crippen molar-refractivity contribution < 1.29 is 17.6 Å². The van der Waals surface area contributed by atoms with Crippen LogP contribution in [0, 0.1) is 13.8 Å². The van der Waals surface area contributed by atoms with Gasteiger partial charge in [0, 0.05) is 31.5 Å². The summed E-state index contributed by atoms with van der Waals surface area (Å²) in [6.07, 6.45) is 2.23. The highest BCUT2D eigenvalue weighted by Crippen LogP contribution is 2.21. The molecule has 0 bridgehead atoms. The number of nitrogens with zero attached hydrogens (tertiary/aromatic N) is 1. The largest absolute Gasteiger partial charge is 0.441 e. The lowest BCUT2D eigenvalue weighted by Gasteiger charge is -2.08. The first-order valence-corrected chi connectivity index (χ1v) is 11.2. The van der Waals surface area contributed by atoms with Crippen LogP contribution in [0.4, 0.5) is 0 Å². The van der Waals surface area contributed by atoms with Crippen LogP contribution in [0.3, 0.4) is 0 Å². The Morgan fingerprint density at radius 3 is 2.27 bits per heavy atom. The van der Waals surface area contributed by atoms with Crippen LogP contribution in [0.1, 0.15) is 23.4 Å². The Morgan fingerprint density at radius 1 is 0.967 bits per heavy atom. The maximum atomic E-state index is 12.2. The van der Waals surface area contributed by atoms with Gasteiger partial charge in [-0.25, -0.2) is 18.1 Å². The third-order valence-corrected chi connectivity index (χ3v) is 6.00. The number of amides is 1. The quantitative estimate of drug-likeness (QED) is 0.511. The van der Waals surface area contributed by atoms with Crippen molar-refractivity contribution in [2.75, 3.05) is 13.1 Å². The van der Waals surface area contributed by atoms with Gasteiger partial charge in [0.1, 0.15) is 0 Å². The summed E-state index contributed by atoms with van der Waals surface area (Å²) in [5.74, 6) is 0.955. The molecule has 0 spiro atoms. The Labute approximate surface area is 176 Å². The summed E-state index contributed by atoms with van der Waals surface area (Å²) in [7, 11) is -3.58. The summed E-state index contributed by atoms with van der Waals surface area (Å²) in [6.45, 7) is 4.21. The number of sulfonamides is 1. The van der Waals surface area contributed by atoms with Crippen LogP contribution >= 0.6 is 0 Å². The number of hydrogen-bond donors (Lipinski definition) is 2. The van der Waals surface area contributed by atoms with Gasteiger partial charge >= 0.3 is 0 Å². The van der Waals surface area contributed by atoms with Crippen LogP contribution < -0.4 is 10.0 Å². The predicted octanol–water partition coefficient (Wildman–Crippen LogP) is 2.99. The summed E-state index contributed by atoms with van der Waals surface area (Å²) in [4.78, 5) is 16.4. The number of oxazole rings is 1. The fourth-order valence-corrected chi connectivity index (χ4v) is 3.81. The van der Waals surface area contributed by atoms with Gasteiger partial charge in [0.05, 0.1) is 11.1 Å². The molecular formula is C22H25N3O4S. The van der Waals surface area contributed by atoms with Crippen molar-refractivity contribution in [3.05, 3.63) is 71.7 Å². The van der Waals surface area contributed by atoms with Gasteiger partial charge in [-0.05, 0) is 26.0 Å². The molecule has 3 rings (SSSR count). The number of aromatic nitrogens is 1. The Balaban J connectivity index is 1.40. The van der Waals surface area contributed by atoms with E-state index < -0.39 is 10.0 Å². The average Bonchev–Trinajstić information content (AvgIpc) is 3.20. The minimum Gasteiger partial charge on any atom is -0.441 e. The Bertz CT molecular complexity index is 1090. The van der Waals surface area contributed by atoms with Crippen LogP contribution in [-0.2, 0) is 21.2 Å². The van der Waals surface area contributed by atoms with Crippen LogP contribution in [0.5, 0.6) is 0 Å². The van der Waals surface area contributed by atoms with Crippen LogP contribution in [0.25, 0.3) is 11.3 Å². The number of hydrogen-bond acceptors (Lipinski definition) is 5. The van der Waals surface area contributed by atoms with Crippen molar-refractivity contribution in [3.8, 4) is 11.3 Å². The van der Waals surface area contributed by atoms with E-state index in [1.165, 1.54) is 0 Å². The first kappa shape index (κ1) is 21.7. The second kappa shape index (κ2) is 9.69. The zero-order chi connectivity index (χ0) is 21.6. The number of carbonyl (C=O) groups is 1. The van der Waals surface area contributed by atoms with Crippen molar-refractivity contribution in [2.45, 2.75) is 31.6 Å². The van der Waals surface area contributed by atoms with Gasteiger partial charge in [0.2, 0.25) is 15.9 Å². The third-order valence-electron chi connectivity index (χ3n) is 4.53. The molecule has 2 aromatic carbocycles. The number of rotatable bonds is 9. The van der Waals surface area contributed by atoms with Gasteiger partial charge in [0.15, 0.2) is 11.7 Å². The highest BCUT2D eigenvalue weighted by molar-refractivity contribution is 7.89. The second-order valence-electron chi connectivity index (χ2n) is 7.05. The zero-order valence-corrected chi connectivity index (χ0v) is 17.8. The zero-order valence-electron chi connectivity index (χ0n) is 17.0. The Hall–Kier alpha value is -2.97. The fourth-order valence-electron chi connectivity index (χ4n) is 2.77. The van der Waals surface area contributed by atoms with Crippen molar-refractivity contribution in [1.82, 2.24) is 15.0 Å². The normalized spacial score (nSPS) is 11.4. The lowest BCUT2D eigenvalue weighted by atomic mass is 10.1. The Kier molecular flexibility index (Phi) is 7.02. The molecule has 1 amide bonds. The summed E-state index contributed by atoms with van der Waals surface area (Å²) < 4.78 is 32.6. The molecule has 8 heteroatoms. The molecule has 0 atom stereocenters. The molecule has 0 unspecified atom stereocenters. The standard InChI is InChI=1S/C22H25N3O4S/c1-16-3-7-18(8-4-16)20-15-24-22(29-20)12-11-21(26)23-13-14-25-30(27,28)19-9-5-17(2)6-10-19/h3-10,15,25H,11-14H2,1-2H3,(H,23,26). The second-order valence-corrected chi connectivity index (χ2v) is 8.81. The van der Waals surface area contributed by atoms with E-state index >= 15 is 0 Å². The van der Waals surface area contributed by atoms with Gasteiger partial charge in [0.25, 0.3) is 0 Å². The van der Waals surface area contributed by atoms with Crippen LogP contribution in [-0.4, -0.2) is 32.4 Å². The first-order valence-electron chi connectivity index (χ1n) is 9.68. The summed E-state index contributed by atoms with van der Waals surface area (Å²) >= 11 is 0. The molecule has 1 aromatic heterocycles.